The van der Waals surface area contributed by atoms with Crippen molar-refractivity contribution in [2.45, 2.75) is 61.5 Å². The van der Waals surface area contributed by atoms with Crippen LogP contribution < -0.4 is 0 Å². The van der Waals surface area contributed by atoms with E-state index in [1.807, 2.05) is 0 Å². The van der Waals surface area contributed by atoms with Crippen LogP contribution in [0, 0.1) is 0 Å². The molecule has 6 N–H and O–H groups in total. The second-order valence-electron chi connectivity index (χ2n) is 6.25. The van der Waals surface area contributed by atoms with Crippen LogP contribution in [0.4, 0.5) is 0 Å². The Labute approximate surface area is 139 Å². The van der Waals surface area contributed by atoms with Crippen molar-refractivity contribution in [3.63, 3.8) is 0 Å². The molecule has 9 atom stereocenters. The molecule has 0 aromatic heterocycles. The van der Waals surface area contributed by atoms with Crippen molar-refractivity contribution in [3.05, 3.63) is 0 Å². The first-order chi connectivity index (χ1) is 11.3. The summed E-state index contributed by atoms with van der Waals surface area (Å²) >= 11 is 0. The Morgan fingerprint density at radius 2 is 1.67 bits per heavy atom. The van der Waals surface area contributed by atoms with E-state index < -0.39 is 61.2 Å². The van der Waals surface area contributed by atoms with E-state index in [9.17, 15) is 30.6 Å². The van der Waals surface area contributed by atoms with E-state index in [2.05, 4.69) is 0 Å². The summed E-state index contributed by atoms with van der Waals surface area (Å²) in [5.74, 6) is 0. The molecule has 0 aromatic carbocycles. The van der Waals surface area contributed by atoms with Gasteiger partial charge in [-0.2, -0.15) is 0 Å². The number of hydrogen-bond acceptors (Lipinski definition) is 10. The Morgan fingerprint density at radius 1 is 1.00 bits per heavy atom. The second kappa shape index (κ2) is 7.87. The summed E-state index contributed by atoms with van der Waals surface area (Å²) in [7, 11) is 1.29. The highest BCUT2D eigenvalue weighted by molar-refractivity contribution is 5.00. The minimum Gasteiger partial charge on any atom is -0.393 e. The summed E-state index contributed by atoms with van der Waals surface area (Å²) in [6.45, 7) is 0.435. The first-order valence-electron chi connectivity index (χ1n) is 7.72. The van der Waals surface area contributed by atoms with Gasteiger partial charge < -0.3 is 49.6 Å². The quantitative estimate of drug-likeness (QED) is 0.281. The third kappa shape index (κ3) is 3.58. The standard InChI is InChI=1S/C14H26O10/c1-6-8(16)10(18)9(17)7(23-6)3-22-5-14(4-15)12(20)11(19)13(21-2)24-14/h6-13,15-20H,3-5H2,1-2H3. The van der Waals surface area contributed by atoms with Gasteiger partial charge in [-0.15, -0.1) is 0 Å². The van der Waals surface area contributed by atoms with Crippen LogP contribution >= 0.6 is 0 Å². The normalized spacial score (nSPS) is 49.5. The van der Waals surface area contributed by atoms with Gasteiger partial charge in [-0.1, -0.05) is 0 Å². The van der Waals surface area contributed by atoms with Gasteiger partial charge in [-0.3, -0.25) is 0 Å². The molecule has 142 valence electrons. The molecular weight excluding hydrogens is 328 g/mol. The van der Waals surface area contributed by atoms with Crippen LogP contribution in [0.3, 0.4) is 0 Å². The van der Waals surface area contributed by atoms with Crippen molar-refractivity contribution in [2.24, 2.45) is 0 Å². The molecule has 2 aliphatic heterocycles. The molecule has 10 nitrogen and oxygen atoms in total. The van der Waals surface area contributed by atoms with Gasteiger partial charge in [0, 0.05) is 7.11 Å². The van der Waals surface area contributed by atoms with Crippen molar-refractivity contribution in [1.29, 1.82) is 0 Å². The largest absolute Gasteiger partial charge is 0.393 e. The summed E-state index contributed by atoms with van der Waals surface area (Å²) in [5.41, 5.74) is -1.58. The maximum Gasteiger partial charge on any atom is 0.186 e. The van der Waals surface area contributed by atoms with Crippen LogP contribution in [0.15, 0.2) is 0 Å². The SMILES string of the molecule is COC1OC(CO)(COCC2OC(C)C(O)C(O)C2O)C(O)C1O. The lowest BCUT2D eigenvalue weighted by Gasteiger charge is -2.39. The van der Waals surface area contributed by atoms with Crippen LogP contribution in [0.1, 0.15) is 6.92 Å². The number of ether oxygens (including phenoxy) is 4. The van der Waals surface area contributed by atoms with Crippen LogP contribution in [0.5, 0.6) is 0 Å². The summed E-state index contributed by atoms with van der Waals surface area (Å²) in [4.78, 5) is 0. The second-order valence-corrected chi connectivity index (χ2v) is 6.25. The molecule has 2 saturated heterocycles. The Balaban J connectivity index is 1.93. The van der Waals surface area contributed by atoms with Crippen molar-refractivity contribution < 1.29 is 49.6 Å². The summed E-state index contributed by atoms with van der Waals surface area (Å²) in [5, 5.41) is 58.7. The van der Waals surface area contributed by atoms with E-state index in [4.69, 9.17) is 18.9 Å². The van der Waals surface area contributed by atoms with E-state index >= 15 is 0 Å². The van der Waals surface area contributed by atoms with E-state index in [0.29, 0.717) is 0 Å². The molecule has 2 fully saturated rings. The number of aliphatic hydroxyl groups is 6. The van der Waals surface area contributed by atoms with Gasteiger partial charge in [0.2, 0.25) is 0 Å². The molecule has 9 unspecified atom stereocenters. The highest BCUT2D eigenvalue weighted by atomic mass is 16.7. The number of rotatable bonds is 6. The summed E-state index contributed by atoms with van der Waals surface area (Å²) in [6.07, 6.45) is -9.43. The Kier molecular flexibility index (Phi) is 6.53. The van der Waals surface area contributed by atoms with E-state index in [-0.39, 0.29) is 13.2 Å². The number of aliphatic hydroxyl groups excluding tert-OH is 6. The van der Waals surface area contributed by atoms with E-state index in [0.717, 1.165) is 0 Å². The first-order valence-corrected chi connectivity index (χ1v) is 7.72. The minimum atomic E-state index is -1.58. The topological polar surface area (TPSA) is 158 Å². The van der Waals surface area contributed by atoms with Gasteiger partial charge in [-0.05, 0) is 6.92 Å². The highest BCUT2D eigenvalue weighted by Crippen LogP contribution is 2.32. The Bertz CT molecular complexity index is 409. The summed E-state index contributed by atoms with van der Waals surface area (Å²) < 4.78 is 21.0. The molecule has 2 heterocycles. The summed E-state index contributed by atoms with van der Waals surface area (Å²) in [6, 6.07) is 0. The molecule has 0 spiro atoms. The maximum absolute atomic E-state index is 10.1. The fourth-order valence-electron chi connectivity index (χ4n) is 2.94. The highest BCUT2D eigenvalue weighted by Gasteiger charge is 2.54. The lowest BCUT2D eigenvalue weighted by atomic mass is 9.95. The zero-order valence-corrected chi connectivity index (χ0v) is 13.6. The van der Waals surface area contributed by atoms with Crippen molar-refractivity contribution in [1.82, 2.24) is 0 Å². The molecule has 2 aliphatic rings. The third-order valence-corrected chi connectivity index (χ3v) is 4.57. The van der Waals surface area contributed by atoms with Gasteiger partial charge in [-0.25, -0.2) is 0 Å². The first kappa shape index (κ1) is 19.9. The van der Waals surface area contributed by atoms with Gasteiger partial charge in [0.25, 0.3) is 0 Å². The van der Waals surface area contributed by atoms with Crippen molar-refractivity contribution in [2.75, 3.05) is 26.9 Å². The zero-order valence-electron chi connectivity index (χ0n) is 13.6. The maximum atomic E-state index is 10.1. The van der Waals surface area contributed by atoms with Crippen molar-refractivity contribution >= 4 is 0 Å². The molecule has 24 heavy (non-hydrogen) atoms. The smallest absolute Gasteiger partial charge is 0.186 e. The van der Waals surface area contributed by atoms with Crippen LogP contribution in [0.25, 0.3) is 0 Å². The lowest BCUT2D eigenvalue weighted by molar-refractivity contribution is -0.239. The fraction of sp³-hybridized carbons (Fsp3) is 1.00. The van der Waals surface area contributed by atoms with E-state index in [1.54, 1.807) is 6.92 Å². The Morgan fingerprint density at radius 3 is 2.21 bits per heavy atom. The van der Waals surface area contributed by atoms with Crippen LogP contribution in [-0.2, 0) is 18.9 Å². The molecule has 0 amide bonds. The van der Waals surface area contributed by atoms with E-state index in [1.165, 1.54) is 7.11 Å². The molecule has 0 aromatic rings. The molecule has 0 aliphatic carbocycles. The van der Waals surface area contributed by atoms with Crippen LogP contribution in [0.2, 0.25) is 0 Å². The molecular formula is C14H26O10. The monoisotopic (exact) mass is 354 g/mol. The van der Waals surface area contributed by atoms with Gasteiger partial charge in [0.15, 0.2) is 6.29 Å². The average molecular weight is 354 g/mol. The Hall–Kier alpha value is -0.400. The van der Waals surface area contributed by atoms with Crippen molar-refractivity contribution in [3.8, 4) is 0 Å². The molecule has 0 bridgehead atoms. The zero-order chi connectivity index (χ0) is 18.1. The minimum absolute atomic E-state index is 0.180. The molecule has 0 saturated carbocycles. The fourth-order valence-corrected chi connectivity index (χ4v) is 2.94. The predicted molar refractivity (Wildman–Crippen MR) is 76.9 cm³/mol. The van der Waals surface area contributed by atoms with Gasteiger partial charge in [0.1, 0.15) is 42.2 Å². The molecule has 10 heteroatoms. The lowest BCUT2D eigenvalue weighted by Crippen LogP contribution is -2.58. The molecule has 0 radical (unpaired) electrons. The number of methoxy groups -OCH3 is 1. The molecule has 2 rings (SSSR count). The average Bonchev–Trinajstić information content (AvgIpc) is 2.82. The van der Waals surface area contributed by atoms with Gasteiger partial charge in [0.05, 0.1) is 25.9 Å². The predicted octanol–water partition coefficient (Wildman–Crippen LogP) is -3.67. The number of hydrogen-bond donors (Lipinski definition) is 6. The van der Waals surface area contributed by atoms with Crippen LogP contribution in [-0.4, -0.2) is 112 Å². The van der Waals surface area contributed by atoms with Gasteiger partial charge >= 0.3 is 0 Å². The third-order valence-electron chi connectivity index (χ3n) is 4.57.